The molecule has 3 rings (SSSR count). The summed E-state index contributed by atoms with van der Waals surface area (Å²) in [5.74, 6) is -0.858. The highest BCUT2D eigenvalue weighted by molar-refractivity contribution is 5.87. The molecule has 0 atom stereocenters. The van der Waals surface area contributed by atoms with E-state index in [1.807, 2.05) is 31.2 Å². The summed E-state index contributed by atoms with van der Waals surface area (Å²) in [6.45, 7) is 4.80. The Morgan fingerprint density at radius 1 is 1.27 bits per heavy atom. The van der Waals surface area contributed by atoms with Crippen molar-refractivity contribution in [3.8, 4) is 0 Å². The van der Waals surface area contributed by atoms with Crippen LogP contribution in [-0.2, 0) is 19.4 Å². The second-order valence-electron chi connectivity index (χ2n) is 5.84. The molecule has 0 bridgehead atoms. The minimum atomic E-state index is -0.858. The summed E-state index contributed by atoms with van der Waals surface area (Å²) in [7, 11) is 0. The van der Waals surface area contributed by atoms with E-state index in [-0.39, 0.29) is 0 Å². The van der Waals surface area contributed by atoms with Gasteiger partial charge in [-0.05, 0) is 48.7 Å². The third-order valence-corrected chi connectivity index (χ3v) is 4.17. The van der Waals surface area contributed by atoms with Gasteiger partial charge < -0.3 is 5.11 Å². The van der Waals surface area contributed by atoms with E-state index in [1.54, 1.807) is 6.07 Å². The maximum Gasteiger partial charge on any atom is 0.335 e. The fraction of sp³-hybridized carbons (Fsp3) is 0.333. The van der Waals surface area contributed by atoms with E-state index < -0.39 is 5.97 Å². The molecular formula is C18H20N2O2. The second kappa shape index (κ2) is 6.28. The van der Waals surface area contributed by atoms with E-state index in [1.165, 1.54) is 5.56 Å². The van der Waals surface area contributed by atoms with Crippen molar-refractivity contribution in [2.75, 3.05) is 13.1 Å². The highest BCUT2D eigenvalue weighted by atomic mass is 16.4. The van der Waals surface area contributed by atoms with Crippen LogP contribution in [0.25, 0.3) is 0 Å². The number of aromatic nitrogens is 1. The van der Waals surface area contributed by atoms with Crippen LogP contribution in [0.15, 0.2) is 36.4 Å². The lowest BCUT2D eigenvalue weighted by Gasteiger charge is -2.28. The molecule has 1 aliphatic rings. The van der Waals surface area contributed by atoms with E-state index in [4.69, 9.17) is 5.11 Å². The van der Waals surface area contributed by atoms with Crippen molar-refractivity contribution >= 4 is 5.97 Å². The molecule has 0 radical (unpaired) electrons. The zero-order chi connectivity index (χ0) is 15.5. The number of aromatic carboxylic acids is 1. The summed E-state index contributed by atoms with van der Waals surface area (Å²) in [4.78, 5) is 18.0. The Morgan fingerprint density at radius 2 is 2.14 bits per heavy atom. The maximum atomic E-state index is 11.1. The van der Waals surface area contributed by atoms with Gasteiger partial charge in [0.05, 0.1) is 5.56 Å². The summed E-state index contributed by atoms with van der Waals surface area (Å²) in [6, 6.07) is 11.6. The number of aryl methyl sites for hydroxylation is 1. The fourth-order valence-electron chi connectivity index (χ4n) is 2.95. The summed E-state index contributed by atoms with van der Waals surface area (Å²) in [6.07, 6.45) is 1.91. The maximum absolute atomic E-state index is 11.1. The zero-order valence-corrected chi connectivity index (χ0v) is 12.7. The fourth-order valence-corrected chi connectivity index (χ4v) is 2.95. The number of pyridine rings is 1. The van der Waals surface area contributed by atoms with Gasteiger partial charge in [-0.1, -0.05) is 12.1 Å². The van der Waals surface area contributed by atoms with Crippen molar-refractivity contribution in [1.82, 2.24) is 9.88 Å². The SMILES string of the molecule is Cc1cccc(CCN2CCc3ccc(C(=O)O)cc3C2)n1. The lowest BCUT2D eigenvalue weighted by molar-refractivity contribution is 0.0696. The summed E-state index contributed by atoms with van der Waals surface area (Å²) in [5.41, 5.74) is 4.96. The van der Waals surface area contributed by atoms with Crippen LogP contribution in [0.3, 0.4) is 0 Å². The zero-order valence-electron chi connectivity index (χ0n) is 12.7. The topological polar surface area (TPSA) is 53.4 Å². The van der Waals surface area contributed by atoms with Gasteiger partial charge in [0.25, 0.3) is 0 Å². The molecular weight excluding hydrogens is 276 g/mol. The molecule has 22 heavy (non-hydrogen) atoms. The van der Waals surface area contributed by atoms with Crippen molar-refractivity contribution in [2.24, 2.45) is 0 Å². The number of fused-ring (bicyclic) bond motifs is 1. The van der Waals surface area contributed by atoms with E-state index in [9.17, 15) is 4.79 Å². The van der Waals surface area contributed by atoms with Crippen LogP contribution in [-0.4, -0.2) is 34.0 Å². The lowest BCUT2D eigenvalue weighted by atomic mass is 9.97. The van der Waals surface area contributed by atoms with E-state index in [2.05, 4.69) is 16.0 Å². The van der Waals surface area contributed by atoms with Crippen molar-refractivity contribution in [2.45, 2.75) is 26.3 Å². The monoisotopic (exact) mass is 296 g/mol. The molecule has 0 saturated carbocycles. The molecule has 114 valence electrons. The number of carbonyl (C=O) groups is 1. The number of carboxylic acid groups (broad SMARTS) is 1. The van der Waals surface area contributed by atoms with Crippen LogP contribution in [0, 0.1) is 6.92 Å². The van der Waals surface area contributed by atoms with Gasteiger partial charge >= 0.3 is 5.97 Å². The molecule has 1 aliphatic heterocycles. The molecule has 1 N–H and O–H groups in total. The number of carboxylic acids is 1. The molecule has 2 aromatic rings. The highest BCUT2D eigenvalue weighted by Gasteiger charge is 2.17. The molecule has 0 aliphatic carbocycles. The van der Waals surface area contributed by atoms with Gasteiger partial charge in [0.15, 0.2) is 0 Å². The van der Waals surface area contributed by atoms with Gasteiger partial charge in [-0.2, -0.15) is 0 Å². The van der Waals surface area contributed by atoms with E-state index in [0.29, 0.717) is 5.56 Å². The summed E-state index contributed by atoms with van der Waals surface area (Å²) >= 11 is 0. The third kappa shape index (κ3) is 3.34. The minimum absolute atomic E-state index is 0.376. The van der Waals surface area contributed by atoms with E-state index in [0.717, 1.165) is 49.4 Å². The van der Waals surface area contributed by atoms with Gasteiger partial charge in [0.1, 0.15) is 0 Å². The second-order valence-corrected chi connectivity index (χ2v) is 5.84. The predicted molar refractivity (Wildman–Crippen MR) is 85.1 cm³/mol. The molecule has 4 heteroatoms. The lowest BCUT2D eigenvalue weighted by Crippen LogP contribution is -2.32. The standard InChI is InChI=1S/C18H20N2O2/c1-13-3-2-4-17(19-13)8-10-20-9-7-14-5-6-15(18(21)22)11-16(14)12-20/h2-6,11H,7-10,12H2,1H3,(H,21,22). The van der Waals surface area contributed by atoms with Gasteiger partial charge in [-0.15, -0.1) is 0 Å². The Bertz CT molecular complexity index is 697. The summed E-state index contributed by atoms with van der Waals surface area (Å²) < 4.78 is 0. The summed E-state index contributed by atoms with van der Waals surface area (Å²) in [5, 5.41) is 9.11. The highest BCUT2D eigenvalue weighted by Crippen LogP contribution is 2.20. The van der Waals surface area contributed by atoms with Crippen LogP contribution in [0.4, 0.5) is 0 Å². The van der Waals surface area contributed by atoms with E-state index >= 15 is 0 Å². The number of hydrogen-bond acceptors (Lipinski definition) is 3. The smallest absolute Gasteiger partial charge is 0.335 e. The molecule has 0 spiro atoms. The first kappa shape index (κ1) is 14.7. The quantitative estimate of drug-likeness (QED) is 0.942. The molecule has 0 fully saturated rings. The van der Waals surface area contributed by atoms with Crippen LogP contribution < -0.4 is 0 Å². The third-order valence-electron chi connectivity index (χ3n) is 4.17. The Kier molecular flexibility index (Phi) is 4.20. The first-order chi connectivity index (χ1) is 10.6. The van der Waals surface area contributed by atoms with Gasteiger partial charge in [-0.25, -0.2) is 4.79 Å². The number of rotatable bonds is 4. The Morgan fingerprint density at radius 3 is 2.91 bits per heavy atom. The van der Waals surface area contributed by atoms with Crippen LogP contribution in [0.5, 0.6) is 0 Å². The minimum Gasteiger partial charge on any atom is -0.478 e. The van der Waals surface area contributed by atoms with Gasteiger partial charge in [-0.3, -0.25) is 9.88 Å². The van der Waals surface area contributed by atoms with Gasteiger partial charge in [0.2, 0.25) is 0 Å². The van der Waals surface area contributed by atoms with Crippen molar-refractivity contribution in [3.05, 3.63) is 64.5 Å². The molecule has 0 saturated heterocycles. The average molecular weight is 296 g/mol. The van der Waals surface area contributed by atoms with Gasteiger partial charge in [0, 0.05) is 37.4 Å². The number of hydrogen-bond donors (Lipinski definition) is 1. The molecule has 1 aromatic carbocycles. The Labute approximate surface area is 130 Å². The van der Waals surface area contributed by atoms with Crippen LogP contribution >= 0.6 is 0 Å². The van der Waals surface area contributed by atoms with Crippen molar-refractivity contribution in [3.63, 3.8) is 0 Å². The first-order valence-electron chi connectivity index (χ1n) is 7.62. The number of nitrogens with zero attached hydrogens (tertiary/aromatic N) is 2. The molecule has 0 amide bonds. The number of benzene rings is 1. The molecule has 1 aromatic heterocycles. The average Bonchev–Trinajstić information content (AvgIpc) is 2.52. The first-order valence-corrected chi connectivity index (χ1v) is 7.62. The molecule has 4 nitrogen and oxygen atoms in total. The predicted octanol–water partition coefficient (Wildman–Crippen LogP) is 2.69. The Hall–Kier alpha value is -2.20. The van der Waals surface area contributed by atoms with Crippen LogP contribution in [0.1, 0.15) is 32.9 Å². The Balaban J connectivity index is 1.66. The van der Waals surface area contributed by atoms with Crippen LogP contribution in [0.2, 0.25) is 0 Å². The normalized spacial score (nSPS) is 14.6. The largest absolute Gasteiger partial charge is 0.478 e. The van der Waals surface area contributed by atoms with Crippen molar-refractivity contribution in [1.29, 1.82) is 0 Å². The molecule has 0 unspecified atom stereocenters. The molecule has 2 heterocycles. The van der Waals surface area contributed by atoms with Crippen molar-refractivity contribution < 1.29 is 9.90 Å².